The Kier molecular flexibility index (Phi) is 5.08. The molecule has 1 aliphatic carbocycles. The molecule has 0 bridgehead atoms. The lowest BCUT2D eigenvalue weighted by atomic mass is 9.87. The molecule has 2 aromatic rings. The Labute approximate surface area is 141 Å². The second kappa shape index (κ2) is 7.25. The molecule has 0 amide bonds. The molecule has 3 rings (SSSR count). The zero-order valence-electron chi connectivity index (χ0n) is 13.8. The van der Waals surface area contributed by atoms with E-state index in [0.29, 0.717) is 36.0 Å². The van der Waals surface area contributed by atoms with Gasteiger partial charge in [-0.05, 0) is 54.0 Å². The lowest BCUT2D eigenvalue weighted by molar-refractivity contribution is 0.493. The van der Waals surface area contributed by atoms with Crippen LogP contribution in [0.2, 0.25) is 0 Å². The Morgan fingerprint density at radius 1 is 0.958 bits per heavy atom. The minimum Gasteiger partial charge on any atom is -0.207 e. The molecule has 0 saturated carbocycles. The Morgan fingerprint density at radius 3 is 2.58 bits per heavy atom. The average molecular weight is 330 g/mol. The van der Waals surface area contributed by atoms with E-state index in [1.54, 1.807) is 24.3 Å². The first-order valence-corrected chi connectivity index (χ1v) is 8.54. The van der Waals surface area contributed by atoms with E-state index < -0.39 is 11.6 Å². The summed E-state index contributed by atoms with van der Waals surface area (Å²) in [5, 5.41) is 0. The van der Waals surface area contributed by atoms with Gasteiger partial charge >= 0.3 is 0 Å². The second-order valence-corrected chi connectivity index (χ2v) is 6.35. The zero-order chi connectivity index (χ0) is 17.1. The number of rotatable bonds is 5. The molecular weight excluding hydrogens is 309 g/mol. The number of hydrogen-bond acceptors (Lipinski definition) is 0. The van der Waals surface area contributed by atoms with Gasteiger partial charge in [0, 0.05) is 5.56 Å². The fourth-order valence-corrected chi connectivity index (χ4v) is 3.30. The van der Waals surface area contributed by atoms with Crippen molar-refractivity contribution >= 4 is 5.57 Å². The van der Waals surface area contributed by atoms with Gasteiger partial charge in [-0.15, -0.1) is 0 Å². The molecule has 1 aliphatic rings. The molecular formula is C21H21F3. The van der Waals surface area contributed by atoms with E-state index in [2.05, 4.69) is 6.92 Å². The largest absolute Gasteiger partial charge is 0.207 e. The van der Waals surface area contributed by atoms with Crippen LogP contribution in [0.5, 0.6) is 0 Å². The third-order valence-corrected chi connectivity index (χ3v) is 4.71. The maximum atomic E-state index is 14.5. The smallest absolute Gasteiger partial charge is 0.166 e. The molecule has 0 saturated heterocycles. The third kappa shape index (κ3) is 3.26. The van der Waals surface area contributed by atoms with E-state index in [1.807, 2.05) is 6.07 Å². The van der Waals surface area contributed by atoms with Crippen molar-refractivity contribution in [3.63, 3.8) is 0 Å². The molecule has 0 nitrogen and oxygen atoms in total. The van der Waals surface area contributed by atoms with Crippen molar-refractivity contribution in [3.05, 3.63) is 76.1 Å². The highest BCUT2D eigenvalue weighted by molar-refractivity contribution is 5.71. The summed E-state index contributed by atoms with van der Waals surface area (Å²) in [7, 11) is 0. The topological polar surface area (TPSA) is 0 Å². The van der Waals surface area contributed by atoms with E-state index in [9.17, 15) is 13.2 Å². The van der Waals surface area contributed by atoms with Crippen LogP contribution in [-0.4, -0.2) is 0 Å². The van der Waals surface area contributed by atoms with E-state index in [4.69, 9.17) is 0 Å². The molecule has 3 heteroatoms. The minimum atomic E-state index is -0.782. The van der Waals surface area contributed by atoms with E-state index in [1.165, 1.54) is 6.07 Å². The summed E-state index contributed by atoms with van der Waals surface area (Å²) >= 11 is 0. The van der Waals surface area contributed by atoms with Crippen LogP contribution >= 0.6 is 0 Å². The quantitative estimate of drug-likeness (QED) is 0.588. The first kappa shape index (κ1) is 16.8. The normalized spacial score (nSPS) is 13.6. The third-order valence-electron chi connectivity index (χ3n) is 4.71. The zero-order valence-corrected chi connectivity index (χ0v) is 13.8. The van der Waals surface area contributed by atoms with Crippen molar-refractivity contribution in [3.8, 4) is 0 Å². The van der Waals surface area contributed by atoms with Crippen LogP contribution in [0, 0.1) is 17.5 Å². The van der Waals surface area contributed by atoms with E-state index in [-0.39, 0.29) is 5.82 Å². The van der Waals surface area contributed by atoms with Gasteiger partial charge in [-0.2, -0.15) is 0 Å². The lowest BCUT2D eigenvalue weighted by Gasteiger charge is -2.19. The predicted molar refractivity (Wildman–Crippen MR) is 91.4 cm³/mol. The minimum absolute atomic E-state index is 0.235. The molecule has 0 aliphatic heterocycles. The summed E-state index contributed by atoms with van der Waals surface area (Å²) in [6.45, 7) is 2.08. The Balaban J connectivity index is 1.86. The van der Waals surface area contributed by atoms with Gasteiger partial charge in [-0.25, -0.2) is 13.2 Å². The molecule has 0 N–H and O–H groups in total. The van der Waals surface area contributed by atoms with Gasteiger partial charge in [-0.3, -0.25) is 0 Å². The number of fused-ring (bicyclic) bond motifs is 1. The van der Waals surface area contributed by atoms with Crippen LogP contribution in [0.25, 0.3) is 5.57 Å². The summed E-state index contributed by atoms with van der Waals surface area (Å²) in [5.41, 5.74) is 2.96. The molecule has 0 heterocycles. The van der Waals surface area contributed by atoms with Gasteiger partial charge in [0.25, 0.3) is 0 Å². The molecule has 0 unspecified atom stereocenters. The van der Waals surface area contributed by atoms with Crippen LogP contribution in [0.4, 0.5) is 13.2 Å². The number of unbranched alkanes of at least 4 members (excludes halogenated alkanes) is 2. The highest BCUT2D eigenvalue weighted by atomic mass is 19.2. The Bertz CT molecular complexity index is 775. The summed E-state index contributed by atoms with van der Waals surface area (Å²) in [6.07, 6.45) is 6.13. The van der Waals surface area contributed by atoms with Gasteiger partial charge in [0.2, 0.25) is 0 Å². The van der Waals surface area contributed by atoms with Crippen molar-refractivity contribution in [1.82, 2.24) is 0 Å². The number of aryl methyl sites for hydroxylation is 1. The predicted octanol–water partition coefficient (Wildman–Crippen LogP) is 6.02. The second-order valence-electron chi connectivity index (χ2n) is 6.35. The van der Waals surface area contributed by atoms with Crippen LogP contribution in [-0.2, 0) is 19.3 Å². The van der Waals surface area contributed by atoms with E-state index >= 15 is 0 Å². The van der Waals surface area contributed by atoms with Crippen molar-refractivity contribution in [2.75, 3.05) is 0 Å². The van der Waals surface area contributed by atoms with Crippen LogP contribution in [0.3, 0.4) is 0 Å². The fourth-order valence-electron chi connectivity index (χ4n) is 3.30. The summed E-state index contributed by atoms with van der Waals surface area (Å²) in [4.78, 5) is 0. The molecule has 126 valence electrons. The van der Waals surface area contributed by atoms with E-state index in [0.717, 1.165) is 30.4 Å². The SMILES string of the molecule is CCCCCc1ccc(C2=CCc3c(F)cccc3C2)c(F)c1F. The van der Waals surface area contributed by atoms with Crippen LogP contribution in [0.15, 0.2) is 36.4 Å². The molecule has 0 fully saturated rings. The van der Waals surface area contributed by atoms with Gasteiger partial charge in [0.15, 0.2) is 11.6 Å². The maximum Gasteiger partial charge on any atom is 0.166 e. The summed E-state index contributed by atoms with van der Waals surface area (Å²) in [5.74, 6) is -1.76. The molecule has 2 aromatic carbocycles. The Morgan fingerprint density at radius 2 is 1.79 bits per heavy atom. The molecule has 0 atom stereocenters. The molecule has 0 spiro atoms. The number of hydrogen-bond donors (Lipinski definition) is 0. The average Bonchev–Trinajstić information content (AvgIpc) is 2.59. The Hall–Kier alpha value is -2.03. The summed E-state index contributed by atoms with van der Waals surface area (Å²) < 4.78 is 42.6. The molecule has 24 heavy (non-hydrogen) atoms. The van der Waals surface area contributed by atoms with Crippen molar-refractivity contribution < 1.29 is 13.2 Å². The van der Waals surface area contributed by atoms with Gasteiger partial charge in [-0.1, -0.05) is 50.1 Å². The molecule has 0 radical (unpaired) electrons. The molecule has 0 aromatic heterocycles. The first-order chi connectivity index (χ1) is 11.6. The number of benzene rings is 2. The number of allylic oxidation sites excluding steroid dienone is 2. The van der Waals surface area contributed by atoms with Gasteiger partial charge in [0.1, 0.15) is 5.82 Å². The van der Waals surface area contributed by atoms with Gasteiger partial charge < -0.3 is 0 Å². The number of halogens is 3. The first-order valence-electron chi connectivity index (χ1n) is 8.54. The van der Waals surface area contributed by atoms with Crippen molar-refractivity contribution in [2.45, 2.75) is 45.4 Å². The highest BCUT2D eigenvalue weighted by Crippen LogP contribution is 2.32. The monoisotopic (exact) mass is 330 g/mol. The van der Waals surface area contributed by atoms with Gasteiger partial charge in [0.05, 0.1) is 0 Å². The summed E-state index contributed by atoms with van der Waals surface area (Å²) in [6, 6.07) is 8.29. The fraction of sp³-hybridized carbons (Fsp3) is 0.333. The lowest BCUT2D eigenvalue weighted by Crippen LogP contribution is -2.07. The van der Waals surface area contributed by atoms with Crippen LogP contribution in [0.1, 0.15) is 48.4 Å². The highest BCUT2D eigenvalue weighted by Gasteiger charge is 2.20. The van der Waals surface area contributed by atoms with Crippen molar-refractivity contribution in [1.29, 1.82) is 0 Å². The van der Waals surface area contributed by atoms with Crippen LogP contribution < -0.4 is 0 Å². The standard InChI is InChI=1S/C21H21F3/c1-2-3-4-6-14-9-12-18(21(24)20(14)23)16-10-11-17-15(13-16)7-5-8-19(17)22/h5,7-10,12H,2-4,6,11,13H2,1H3. The van der Waals surface area contributed by atoms with Crippen molar-refractivity contribution in [2.24, 2.45) is 0 Å². The maximum absolute atomic E-state index is 14.5.